The molecule has 0 radical (unpaired) electrons. The van der Waals surface area contributed by atoms with Gasteiger partial charge in [0.05, 0.1) is 0 Å². The van der Waals surface area contributed by atoms with Crippen molar-refractivity contribution in [1.29, 1.82) is 0 Å². The number of carbonyl (C=O) groups excluding carboxylic acids is 1. The number of aliphatic carboxylic acids is 1. The number of rotatable bonds is 9. The fraction of sp³-hybridized carbons (Fsp3) is 0.857. The summed E-state index contributed by atoms with van der Waals surface area (Å²) < 4.78 is 5.12. The number of hydrogen-bond acceptors (Lipinski definition) is 4. The molecule has 0 fully saturated rings. The molecular formula is C14H28N2O4. The fourth-order valence-corrected chi connectivity index (χ4v) is 1.51. The van der Waals surface area contributed by atoms with Crippen LogP contribution in [-0.4, -0.2) is 41.9 Å². The van der Waals surface area contributed by atoms with Crippen LogP contribution < -0.4 is 10.6 Å². The minimum absolute atomic E-state index is 0.380. The van der Waals surface area contributed by atoms with Crippen LogP contribution >= 0.6 is 0 Å². The van der Waals surface area contributed by atoms with Gasteiger partial charge >= 0.3 is 12.1 Å². The quantitative estimate of drug-likeness (QED) is 0.566. The van der Waals surface area contributed by atoms with Crippen LogP contribution in [0.2, 0.25) is 0 Å². The fourth-order valence-electron chi connectivity index (χ4n) is 1.51. The molecule has 0 saturated heterocycles. The number of amides is 1. The summed E-state index contributed by atoms with van der Waals surface area (Å²) >= 11 is 0. The molecule has 6 nitrogen and oxygen atoms in total. The summed E-state index contributed by atoms with van der Waals surface area (Å²) in [5, 5.41) is 14.3. The molecule has 118 valence electrons. The molecule has 20 heavy (non-hydrogen) atoms. The zero-order chi connectivity index (χ0) is 15.6. The Balaban J connectivity index is 3.37. The minimum Gasteiger partial charge on any atom is -0.480 e. The topological polar surface area (TPSA) is 87.7 Å². The molecule has 0 unspecified atom stereocenters. The molecule has 0 aromatic rings. The number of ether oxygens (including phenoxy) is 1. The average molecular weight is 288 g/mol. The molecule has 0 bridgehead atoms. The standard InChI is InChI=1S/C14H28N2O4/c1-11(12(17)18)15-9-7-5-6-8-10-16-13(19)20-14(2,3)4/h11,15H,5-10H2,1-4H3,(H,16,19)(H,17,18)/t11-/m0/s1. The van der Waals surface area contributed by atoms with Crippen LogP contribution in [0.25, 0.3) is 0 Å². The Morgan fingerprint density at radius 2 is 1.65 bits per heavy atom. The number of alkyl carbamates (subject to hydrolysis) is 1. The lowest BCUT2D eigenvalue weighted by atomic mass is 10.2. The SMILES string of the molecule is C[C@H](NCCCCCCNC(=O)OC(C)(C)C)C(=O)O. The van der Waals surface area contributed by atoms with Gasteiger partial charge < -0.3 is 20.5 Å². The van der Waals surface area contributed by atoms with E-state index in [1.807, 2.05) is 20.8 Å². The van der Waals surface area contributed by atoms with Gasteiger partial charge in [-0.3, -0.25) is 4.79 Å². The highest BCUT2D eigenvalue weighted by Gasteiger charge is 2.15. The van der Waals surface area contributed by atoms with Gasteiger partial charge in [-0.05, 0) is 47.1 Å². The number of carboxylic acids is 1. The van der Waals surface area contributed by atoms with Gasteiger partial charge in [0.1, 0.15) is 11.6 Å². The first-order valence-corrected chi connectivity index (χ1v) is 7.15. The van der Waals surface area contributed by atoms with E-state index in [0.717, 1.165) is 25.7 Å². The highest BCUT2D eigenvalue weighted by atomic mass is 16.6. The van der Waals surface area contributed by atoms with Crippen LogP contribution in [-0.2, 0) is 9.53 Å². The van der Waals surface area contributed by atoms with E-state index in [2.05, 4.69) is 10.6 Å². The van der Waals surface area contributed by atoms with E-state index in [4.69, 9.17) is 9.84 Å². The molecule has 0 aliphatic heterocycles. The Hall–Kier alpha value is -1.30. The second-order valence-corrected chi connectivity index (χ2v) is 5.86. The van der Waals surface area contributed by atoms with E-state index < -0.39 is 17.6 Å². The minimum atomic E-state index is -0.827. The third-order valence-electron chi connectivity index (χ3n) is 2.59. The number of hydrogen-bond donors (Lipinski definition) is 3. The molecule has 0 aromatic carbocycles. The highest BCUT2D eigenvalue weighted by molar-refractivity contribution is 5.72. The smallest absolute Gasteiger partial charge is 0.407 e. The number of carboxylic acid groups (broad SMARTS) is 1. The molecule has 6 heteroatoms. The van der Waals surface area contributed by atoms with Gasteiger partial charge in [0, 0.05) is 6.54 Å². The molecule has 0 heterocycles. The van der Waals surface area contributed by atoms with Gasteiger partial charge in [0.2, 0.25) is 0 Å². The van der Waals surface area contributed by atoms with E-state index in [9.17, 15) is 9.59 Å². The van der Waals surface area contributed by atoms with Gasteiger partial charge in [-0.1, -0.05) is 12.8 Å². The van der Waals surface area contributed by atoms with Crippen molar-refractivity contribution in [2.24, 2.45) is 0 Å². The number of nitrogens with one attached hydrogen (secondary N) is 2. The lowest BCUT2D eigenvalue weighted by Crippen LogP contribution is -2.34. The predicted molar refractivity (Wildman–Crippen MR) is 77.8 cm³/mol. The second kappa shape index (κ2) is 9.58. The molecule has 0 rings (SSSR count). The van der Waals surface area contributed by atoms with E-state index >= 15 is 0 Å². The van der Waals surface area contributed by atoms with Crippen molar-refractivity contribution >= 4 is 12.1 Å². The van der Waals surface area contributed by atoms with E-state index in [0.29, 0.717) is 13.1 Å². The van der Waals surface area contributed by atoms with Crippen molar-refractivity contribution in [3.8, 4) is 0 Å². The van der Waals surface area contributed by atoms with E-state index in [-0.39, 0.29) is 6.09 Å². The molecule has 0 saturated carbocycles. The Morgan fingerprint density at radius 3 is 2.15 bits per heavy atom. The van der Waals surface area contributed by atoms with Gasteiger partial charge in [0.15, 0.2) is 0 Å². The van der Waals surface area contributed by atoms with E-state index in [1.54, 1.807) is 6.92 Å². The highest BCUT2D eigenvalue weighted by Crippen LogP contribution is 2.06. The van der Waals surface area contributed by atoms with E-state index in [1.165, 1.54) is 0 Å². The number of unbranched alkanes of at least 4 members (excludes halogenated alkanes) is 3. The molecule has 1 atom stereocenters. The normalized spacial score (nSPS) is 12.8. The summed E-state index contributed by atoms with van der Waals surface area (Å²) in [5.74, 6) is -0.827. The molecule has 0 spiro atoms. The summed E-state index contributed by atoms with van der Waals surface area (Å²) in [6.07, 6.45) is 3.46. The van der Waals surface area contributed by atoms with Crippen LogP contribution in [0.5, 0.6) is 0 Å². The zero-order valence-electron chi connectivity index (χ0n) is 13.0. The molecule has 0 aliphatic carbocycles. The lowest BCUT2D eigenvalue weighted by Gasteiger charge is -2.19. The first-order chi connectivity index (χ1) is 9.22. The average Bonchev–Trinajstić information content (AvgIpc) is 2.29. The van der Waals surface area contributed by atoms with Crippen LogP contribution in [0, 0.1) is 0 Å². The monoisotopic (exact) mass is 288 g/mol. The Bertz CT molecular complexity index is 300. The second-order valence-electron chi connectivity index (χ2n) is 5.86. The Morgan fingerprint density at radius 1 is 1.10 bits per heavy atom. The van der Waals surface area contributed by atoms with Crippen LogP contribution in [0.15, 0.2) is 0 Å². The maximum atomic E-state index is 11.3. The van der Waals surface area contributed by atoms with Gasteiger partial charge in [-0.2, -0.15) is 0 Å². The summed E-state index contributed by atoms with van der Waals surface area (Å²) in [7, 11) is 0. The number of carbonyl (C=O) groups is 2. The Kier molecular flexibility index (Phi) is 8.96. The third kappa shape index (κ3) is 11.8. The van der Waals surface area contributed by atoms with Gasteiger partial charge in [-0.15, -0.1) is 0 Å². The first kappa shape index (κ1) is 18.7. The van der Waals surface area contributed by atoms with Gasteiger partial charge in [-0.25, -0.2) is 4.79 Å². The van der Waals surface area contributed by atoms with Crippen molar-refractivity contribution in [2.45, 2.75) is 65.0 Å². The van der Waals surface area contributed by atoms with Crippen molar-refractivity contribution in [3.05, 3.63) is 0 Å². The zero-order valence-corrected chi connectivity index (χ0v) is 13.0. The summed E-state index contributed by atoms with van der Waals surface area (Å²) in [5.41, 5.74) is -0.462. The Labute approximate surface area is 121 Å². The van der Waals surface area contributed by atoms with Crippen molar-refractivity contribution in [1.82, 2.24) is 10.6 Å². The van der Waals surface area contributed by atoms with Crippen molar-refractivity contribution in [3.63, 3.8) is 0 Å². The largest absolute Gasteiger partial charge is 0.480 e. The predicted octanol–water partition coefficient (Wildman–Crippen LogP) is 2.13. The summed E-state index contributed by atoms with van der Waals surface area (Å²) in [4.78, 5) is 21.9. The first-order valence-electron chi connectivity index (χ1n) is 7.15. The van der Waals surface area contributed by atoms with Crippen molar-refractivity contribution in [2.75, 3.05) is 13.1 Å². The van der Waals surface area contributed by atoms with Gasteiger partial charge in [0.25, 0.3) is 0 Å². The molecule has 0 aromatic heterocycles. The summed E-state index contributed by atoms with van der Waals surface area (Å²) in [6, 6.07) is -0.496. The van der Waals surface area contributed by atoms with Crippen molar-refractivity contribution < 1.29 is 19.4 Å². The molecule has 0 aliphatic rings. The third-order valence-corrected chi connectivity index (χ3v) is 2.59. The maximum absolute atomic E-state index is 11.3. The van der Waals surface area contributed by atoms with Crippen LogP contribution in [0.4, 0.5) is 4.79 Å². The van der Waals surface area contributed by atoms with Crippen LogP contribution in [0.1, 0.15) is 53.4 Å². The van der Waals surface area contributed by atoms with Crippen LogP contribution in [0.3, 0.4) is 0 Å². The molecule has 3 N–H and O–H groups in total. The molecular weight excluding hydrogens is 260 g/mol. The maximum Gasteiger partial charge on any atom is 0.407 e. The summed E-state index contributed by atoms with van der Waals surface area (Å²) in [6.45, 7) is 8.43. The lowest BCUT2D eigenvalue weighted by molar-refractivity contribution is -0.138. The molecule has 1 amide bonds.